The summed E-state index contributed by atoms with van der Waals surface area (Å²) < 4.78 is 11.6. The Bertz CT molecular complexity index is 714. The van der Waals surface area contributed by atoms with E-state index in [1.165, 1.54) is 0 Å². The summed E-state index contributed by atoms with van der Waals surface area (Å²) in [6, 6.07) is 9.57. The van der Waals surface area contributed by atoms with Gasteiger partial charge in [-0.25, -0.2) is 0 Å². The van der Waals surface area contributed by atoms with Gasteiger partial charge in [0, 0.05) is 6.54 Å². The van der Waals surface area contributed by atoms with Gasteiger partial charge in [0.2, 0.25) is 5.91 Å². The van der Waals surface area contributed by atoms with E-state index in [-0.39, 0.29) is 24.6 Å². The summed E-state index contributed by atoms with van der Waals surface area (Å²) in [4.78, 5) is 27.4. The molecule has 2 fully saturated rings. The number of amides is 1. The number of esters is 1. The molecule has 3 heterocycles. The minimum absolute atomic E-state index is 0.0159. The topological polar surface area (TPSA) is 55.8 Å². The molecule has 1 aromatic rings. The molecule has 5 heteroatoms. The summed E-state index contributed by atoms with van der Waals surface area (Å²) in [6.07, 6.45) is 3.54. The molecule has 1 amide bonds. The van der Waals surface area contributed by atoms with E-state index >= 15 is 0 Å². The van der Waals surface area contributed by atoms with Gasteiger partial charge in [-0.05, 0) is 11.5 Å². The van der Waals surface area contributed by atoms with Crippen LogP contribution < -0.4 is 0 Å². The number of hydrogen-bond acceptors (Lipinski definition) is 4. The lowest BCUT2D eigenvalue weighted by Gasteiger charge is -2.23. The molecular weight excluding hydrogens is 318 g/mol. The lowest BCUT2D eigenvalue weighted by Crippen LogP contribution is -2.40. The summed E-state index contributed by atoms with van der Waals surface area (Å²) >= 11 is 0. The molecule has 4 atom stereocenters. The molecule has 5 nitrogen and oxygen atoms in total. The first-order chi connectivity index (χ1) is 12.0. The van der Waals surface area contributed by atoms with Crippen LogP contribution in [0.15, 0.2) is 42.5 Å². The van der Waals surface area contributed by atoms with Crippen molar-refractivity contribution in [1.29, 1.82) is 0 Å². The van der Waals surface area contributed by atoms with E-state index in [1.807, 2.05) is 47.4 Å². The molecule has 0 radical (unpaired) electrons. The van der Waals surface area contributed by atoms with Gasteiger partial charge in [0.15, 0.2) is 0 Å². The van der Waals surface area contributed by atoms with E-state index < -0.39 is 17.4 Å². The average Bonchev–Trinajstić information content (AvgIpc) is 3.22. The van der Waals surface area contributed by atoms with Crippen LogP contribution in [0.3, 0.4) is 0 Å². The molecule has 3 aliphatic rings. The number of hydrogen-bond donors (Lipinski definition) is 0. The van der Waals surface area contributed by atoms with Crippen molar-refractivity contribution >= 4 is 11.9 Å². The monoisotopic (exact) mass is 341 g/mol. The third-order valence-corrected chi connectivity index (χ3v) is 5.26. The number of fused-ring (bicyclic) bond motifs is 1. The van der Waals surface area contributed by atoms with Gasteiger partial charge in [-0.2, -0.15) is 0 Å². The molecule has 0 saturated carbocycles. The Kier molecular flexibility index (Phi) is 3.91. The molecule has 4 rings (SSSR count). The zero-order valence-electron chi connectivity index (χ0n) is 14.6. The fraction of sp³-hybridized carbons (Fsp3) is 0.500. The molecule has 1 aromatic carbocycles. The number of likely N-dealkylation sites (tertiary alicyclic amines) is 1. The first-order valence-electron chi connectivity index (χ1n) is 8.87. The van der Waals surface area contributed by atoms with Gasteiger partial charge >= 0.3 is 5.97 Å². The van der Waals surface area contributed by atoms with Crippen molar-refractivity contribution in [2.45, 2.75) is 32.2 Å². The largest absolute Gasteiger partial charge is 0.460 e. The highest BCUT2D eigenvalue weighted by atomic mass is 16.6. The van der Waals surface area contributed by atoms with Crippen LogP contribution >= 0.6 is 0 Å². The Hall–Kier alpha value is -2.14. The lowest BCUT2D eigenvalue weighted by atomic mass is 9.77. The van der Waals surface area contributed by atoms with Crippen LogP contribution in [0, 0.1) is 17.8 Å². The Morgan fingerprint density at radius 3 is 2.84 bits per heavy atom. The fourth-order valence-corrected chi connectivity index (χ4v) is 4.27. The Balaban J connectivity index is 1.50. The number of carbonyl (C=O) groups excluding carboxylic acids is 2. The van der Waals surface area contributed by atoms with E-state index in [1.54, 1.807) is 0 Å². The summed E-state index contributed by atoms with van der Waals surface area (Å²) in [7, 11) is 0. The highest BCUT2D eigenvalue weighted by Gasteiger charge is 2.67. The molecular formula is C20H23NO4. The van der Waals surface area contributed by atoms with E-state index in [0.717, 1.165) is 5.56 Å². The predicted molar refractivity (Wildman–Crippen MR) is 91.4 cm³/mol. The number of ether oxygens (including phenoxy) is 2. The van der Waals surface area contributed by atoms with Crippen molar-refractivity contribution in [3.8, 4) is 0 Å². The van der Waals surface area contributed by atoms with Gasteiger partial charge in [-0.15, -0.1) is 0 Å². The van der Waals surface area contributed by atoms with Gasteiger partial charge in [0.25, 0.3) is 0 Å². The zero-order chi connectivity index (χ0) is 17.6. The predicted octanol–water partition coefficient (Wildman–Crippen LogP) is 2.17. The summed E-state index contributed by atoms with van der Waals surface area (Å²) in [5.41, 5.74) is 0.289. The molecule has 132 valence electrons. The fourth-order valence-electron chi connectivity index (χ4n) is 4.27. The smallest absolute Gasteiger partial charge is 0.313 e. The quantitative estimate of drug-likeness (QED) is 0.608. The van der Waals surface area contributed by atoms with Crippen LogP contribution in [0.4, 0.5) is 0 Å². The Morgan fingerprint density at radius 2 is 2.12 bits per heavy atom. The molecule has 0 aliphatic carbocycles. The van der Waals surface area contributed by atoms with Crippen LogP contribution in [0.25, 0.3) is 0 Å². The van der Waals surface area contributed by atoms with Crippen molar-refractivity contribution < 1.29 is 19.1 Å². The van der Waals surface area contributed by atoms with Gasteiger partial charge < -0.3 is 14.4 Å². The number of benzene rings is 1. The number of carbonyl (C=O) groups is 2. The Morgan fingerprint density at radius 1 is 1.36 bits per heavy atom. The summed E-state index contributed by atoms with van der Waals surface area (Å²) in [5.74, 6) is -0.946. The molecule has 3 aliphatic heterocycles. The van der Waals surface area contributed by atoms with E-state index in [2.05, 4.69) is 13.8 Å². The molecule has 0 N–H and O–H groups in total. The van der Waals surface area contributed by atoms with E-state index in [0.29, 0.717) is 19.0 Å². The van der Waals surface area contributed by atoms with Crippen LogP contribution in [0.5, 0.6) is 0 Å². The third kappa shape index (κ3) is 2.67. The molecule has 25 heavy (non-hydrogen) atoms. The second-order valence-corrected chi connectivity index (χ2v) is 7.61. The first kappa shape index (κ1) is 16.3. The second kappa shape index (κ2) is 5.99. The molecule has 2 saturated heterocycles. The van der Waals surface area contributed by atoms with Crippen molar-refractivity contribution in [2.75, 3.05) is 13.1 Å². The zero-order valence-corrected chi connectivity index (χ0v) is 14.6. The highest BCUT2D eigenvalue weighted by Crippen LogP contribution is 2.52. The molecule has 1 spiro atoms. The van der Waals surface area contributed by atoms with Crippen LogP contribution in [0.2, 0.25) is 0 Å². The summed E-state index contributed by atoms with van der Waals surface area (Å²) in [5, 5.41) is 0. The second-order valence-electron chi connectivity index (χ2n) is 7.61. The van der Waals surface area contributed by atoms with Crippen LogP contribution in [-0.2, 0) is 25.7 Å². The van der Waals surface area contributed by atoms with Gasteiger partial charge in [-0.1, -0.05) is 56.3 Å². The minimum atomic E-state index is -0.646. The Labute approximate surface area is 147 Å². The minimum Gasteiger partial charge on any atom is -0.460 e. The van der Waals surface area contributed by atoms with Crippen molar-refractivity contribution in [2.24, 2.45) is 17.8 Å². The standard InChI is InChI=1S/C20H23NO4/c1-13(2)10-21-12-20-9-8-15(25-20)16(17(20)18(21)22)19(23)24-11-14-6-4-3-5-7-14/h3-9,13,15-17H,10-12H2,1-2H3. The van der Waals surface area contributed by atoms with Gasteiger partial charge in [0.05, 0.1) is 18.6 Å². The third-order valence-electron chi connectivity index (χ3n) is 5.26. The van der Waals surface area contributed by atoms with Crippen molar-refractivity contribution in [3.63, 3.8) is 0 Å². The molecule has 4 unspecified atom stereocenters. The van der Waals surface area contributed by atoms with Crippen LogP contribution in [0.1, 0.15) is 19.4 Å². The van der Waals surface area contributed by atoms with E-state index in [9.17, 15) is 9.59 Å². The number of rotatable bonds is 5. The van der Waals surface area contributed by atoms with Gasteiger partial charge in [-0.3, -0.25) is 9.59 Å². The highest BCUT2D eigenvalue weighted by molar-refractivity contribution is 5.91. The molecule has 2 bridgehead atoms. The SMILES string of the molecule is CC(C)CN1CC23C=CC(O2)C(C(=O)OCc2ccccc2)C3C1=O. The van der Waals surface area contributed by atoms with Crippen molar-refractivity contribution in [3.05, 3.63) is 48.0 Å². The van der Waals surface area contributed by atoms with Gasteiger partial charge in [0.1, 0.15) is 18.1 Å². The molecule has 0 aromatic heterocycles. The summed E-state index contributed by atoms with van der Waals surface area (Å²) in [6.45, 7) is 5.60. The van der Waals surface area contributed by atoms with Crippen LogP contribution in [-0.4, -0.2) is 41.6 Å². The maximum absolute atomic E-state index is 12.9. The van der Waals surface area contributed by atoms with Crippen molar-refractivity contribution in [1.82, 2.24) is 4.90 Å². The maximum Gasteiger partial charge on any atom is 0.313 e. The number of nitrogens with zero attached hydrogens (tertiary/aromatic N) is 1. The first-order valence-corrected chi connectivity index (χ1v) is 8.87. The van der Waals surface area contributed by atoms with E-state index in [4.69, 9.17) is 9.47 Å². The normalized spacial score (nSPS) is 32.5. The lowest BCUT2D eigenvalue weighted by molar-refractivity contribution is -0.155. The average molecular weight is 341 g/mol. The maximum atomic E-state index is 12.9.